The second kappa shape index (κ2) is 4.47. The number of anilines is 1. The van der Waals surface area contributed by atoms with Gasteiger partial charge in [0.2, 0.25) is 5.91 Å². The molecule has 1 fully saturated rings. The van der Waals surface area contributed by atoms with Crippen molar-refractivity contribution in [3.05, 3.63) is 18.1 Å². The SMILES string of the molecule is CC(=O)N[C@H]1CCN(c2ccnc(C)n2)C1.[HH]. The van der Waals surface area contributed by atoms with Gasteiger partial charge >= 0.3 is 0 Å². The van der Waals surface area contributed by atoms with Gasteiger partial charge in [-0.25, -0.2) is 9.97 Å². The number of rotatable bonds is 2. The summed E-state index contributed by atoms with van der Waals surface area (Å²) >= 11 is 0. The van der Waals surface area contributed by atoms with Gasteiger partial charge in [0, 0.05) is 33.7 Å². The average Bonchev–Trinajstić information content (AvgIpc) is 2.65. The molecule has 1 aromatic heterocycles. The first kappa shape index (κ1) is 10.9. The minimum atomic E-state index is 0. The van der Waals surface area contributed by atoms with Crippen LogP contribution in [-0.2, 0) is 4.79 Å². The molecule has 0 aliphatic carbocycles. The quantitative estimate of drug-likeness (QED) is 0.802. The molecule has 0 saturated carbocycles. The first-order valence-electron chi connectivity index (χ1n) is 5.47. The summed E-state index contributed by atoms with van der Waals surface area (Å²) in [7, 11) is 0. The van der Waals surface area contributed by atoms with Gasteiger partial charge < -0.3 is 10.2 Å². The molecule has 0 spiro atoms. The molecule has 1 aromatic rings. The van der Waals surface area contributed by atoms with Crippen molar-refractivity contribution in [2.75, 3.05) is 18.0 Å². The highest BCUT2D eigenvalue weighted by molar-refractivity contribution is 5.73. The van der Waals surface area contributed by atoms with Gasteiger partial charge in [0.25, 0.3) is 0 Å². The zero-order valence-electron chi connectivity index (χ0n) is 9.60. The van der Waals surface area contributed by atoms with Crippen LogP contribution >= 0.6 is 0 Å². The maximum Gasteiger partial charge on any atom is 0.217 e. The molecule has 1 atom stereocenters. The topological polar surface area (TPSA) is 58.1 Å². The van der Waals surface area contributed by atoms with E-state index in [1.807, 2.05) is 13.0 Å². The second-order valence-corrected chi connectivity index (χ2v) is 4.09. The standard InChI is InChI=1S/C11H16N4O.H2/c1-8-12-5-3-11(13-8)15-6-4-10(7-15)14-9(2)16;/h3,5,10H,4,6-7H2,1-2H3,(H,14,16);1H/t10-;/m0./s1. The van der Waals surface area contributed by atoms with E-state index in [0.29, 0.717) is 0 Å². The molecule has 1 N–H and O–H groups in total. The van der Waals surface area contributed by atoms with E-state index in [0.717, 1.165) is 31.2 Å². The van der Waals surface area contributed by atoms with Crippen molar-refractivity contribution in [3.8, 4) is 0 Å². The fraction of sp³-hybridized carbons (Fsp3) is 0.545. The van der Waals surface area contributed by atoms with Crippen LogP contribution in [0, 0.1) is 6.92 Å². The van der Waals surface area contributed by atoms with Gasteiger partial charge in [-0.15, -0.1) is 0 Å². The van der Waals surface area contributed by atoms with E-state index in [1.54, 1.807) is 13.1 Å². The van der Waals surface area contributed by atoms with Crippen LogP contribution in [0.5, 0.6) is 0 Å². The molecule has 5 nitrogen and oxygen atoms in total. The second-order valence-electron chi connectivity index (χ2n) is 4.09. The summed E-state index contributed by atoms with van der Waals surface area (Å²) in [5.74, 6) is 1.76. The fourth-order valence-corrected chi connectivity index (χ4v) is 1.99. The maximum absolute atomic E-state index is 10.9. The lowest BCUT2D eigenvalue weighted by molar-refractivity contribution is -0.119. The molecular formula is C11H18N4O. The Hall–Kier alpha value is -1.65. The molecule has 2 rings (SSSR count). The van der Waals surface area contributed by atoms with Gasteiger partial charge in [-0.3, -0.25) is 4.79 Å². The van der Waals surface area contributed by atoms with Crippen LogP contribution in [0.1, 0.15) is 20.6 Å². The lowest BCUT2D eigenvalue weighted by Gasteiger charge is -2.17. The lowest BCUT2D eigenvalue weighted by atomic mass is 10.3. The molecule has 1 aliphatic heterocycles. The summed E-state index contributed by atoms with van der Waals surface area (Å²) in [6.45, 7) is 5.19. The number of hydrogen-bond donors (Lipinski definition) is 1. The van der Waals surface area contributed by atoms with Crippen LogP contribution in [0.15, 0.2) is 12.3 Å². The van der Waals surface area contributed by atoms with Crippen molar-refractivity contribution >= 4 is 11.7 Å². The third-order valence-corrected chi connectivity index (χ3v) is 2.68. The van der Waals surface area contributed by atoms with Gasteiger partial charge in [0.1, 0.15) is 11.6 Å². The lowest BCUT2D eigenvalue weighted by Crippen LogP contribution is -2.35. The van der Waals surface area contributed by atoms with E-state index in [9.17, 15) is 4.79 Å². The van der Waals surface area contributed by atoms with Gasteiger partial charge in [-0.2, -0.15) is 0 Å². The monoisotopic (exact) mass is 222 g/mol. The van der Waals surface area contributed by atoms with Gasteiger partial charge in [0.15, 0.2) is 0 Å². The van der Waals surface area contributed by atoms with E-state index in [-0.39, 0.29) is 13.4 Å². The molecular weight excluding hydrogens is 204 g/mol. The van der Waals surface area contributed by atoms with Crippen LogP contribution in [0.25, 0.3) is 0 Å². The smallest absolute Gasteiger partial charge is 0.217 e. The van der Waals surface area contributed by atoms with Crippen molar-refractivity contribution in [2.24, 2.45) is 0 Å². The number of aromatic nitrogens is 2. The Balaban J connectivity index is 0.00000144. The molecule has 0 radical (unpaired) electrons. The predicted octanol–water partition coefficient (Wildman–Crippen LogP) is 0.746. The number of carbonyl (C=O) groups excluding carboxylic acids is 1. The van der Waals surface area contributed by atoms with Crippen molar-refractivity contribution in [1.82, 2.24) is 15.3 Å². The number of aryl methyl sites for hydroxylation is 1. The normalized spacial score (nSPS) is 19.9. The van der Waals surface area contributed by atoms with Crippen LogP contribution in [0.2, 0.25) is 0 Å². The van der Waals surface area contributed by atoms with E-state index in [4.69, 9.17) is 0 Å². The Morgan fingerprint density at radius 2 is 2.50 bits per heavy atom. The van der Waals surface area contributed by atoms with E-state index < -0.39 is 0 Å². The van der Waals surface area contributed by atoms with Gasteiger partial charge in [0.05, 0.1) is 0 Å². The van der Waals surface area contributed by atoms with Gasteiger partial charge in [-0.1, -0.05) is 0 Å². The molecule has 0 unspecified atom stereocenters. The van der Waals surface area contributed by atoms with Crippen LogP contribution in [-0.4, -0.2) is 35.0 Å². The van der Waals surface area contributed by atoms with Crippen LogP contribution < -0.4 is 10.2 Å². The summed E-state index contributed by atoms with van der Waals surface area (Å²) in [4.78, 5) is 21.6. The number of nitrogens with zero attached hydrogens (tertiary/aromatic N) is 3. The van der Waals surface area contributed by atoms with Crippen LogP contribution in [0.4, 0.5) is 5.82 Å². The summed E-state index contributed by atoms with van der Waals surface area (Å²) in [5.41, 5.74) is 0. The van der Waals surface area contributed by atoms with Crippen molar-refractivity contribution in [3.63, 3.8) is 0 Å². The fourth-order valence-electron chi connectivity index (χ4n) is 1.99. The Morgan fingerprint density at radius 3 is 3.19 bits per heavy atom. The minimum absolute atomic E-state index is 0. The molecule has 1 aliphatic rings. The summed E-state index contributed by atoms with van der Waals surface area (Å²) in [5, 5.41) is 2.93. The molecule has 5 heteroatoms. The maximum atomic E-state index is 10.9. The van der Waals surface area contributed by atoms with Crippen molar-refractivity contribution < 1.29 is 6.22 Å². The molecule has 16 heavy (non-hydrogen) atoms. The predicted molar refractivity (Wildman–Crippen MR) is 63.3 cm³/mol. The van der Waals surface area contributed by atoms with Crippen LogP contribution in [0.3, 0.4) is 0 Å². The van der Waals surface area contributed by atoms with E-state index in [1.165, 1.54) is 0 Å². The third-order valence-electron chi connectivity index (χ3n) is 2.68. The van der Waals surface area contributed by atoms with Crippen molar-refractivity contribution in [2.45, 2.75) is 26.3 Å². The zero-order valence-corrected chi connectivity index (χ0v) is 9.60. The third kappa shape index (κ3) is 2.48. The summed E-state index contributed by atoms with van der Waals surface area (Å²) in [6, 6.07) is 2.15. The largest absolute Gasteiger partial charge is 0.354 e. The molecule has 0 aromatic carbocycles. The Labute approximate surface area is 96.4 Å². The minimum Gasteiger partial charge on any atom is -0.354 e. The number of carbonyl (C=O) groups is 1. The Kier molecular flexibility index (Phi) is 3.03. The average molecular weight is 222 g/mol. The van der Waals surface area contributed by atoms with E-state index >= 15 is 0 Å². The van der Waals surface area contributed by atoms with Gasteiger partial charge in [-0.05, 0) is 19.4 Å². The first-order chi connectivity index (χ1) is 7.65. The number of nitrogens with one attached hydrogen (secondary N) is 1. The van der Waals surface area contributed by atoms with Crippen molar-refractivity contribution in [1.29, 1.82) is 0 Å². The first-order valence-corrected chi connectivity index (χ1v) is 5.47. The Morgan fingerprint density at radius 1 is 1.69 bits per heavy atom. The highest BCUT2D eigenvalue weighted by atomic mass is 16.1. The zero-order chi connectivity index (χ0) is 11.5. The number of amides is 1. The van der Waals surface area contributed by atoms with E-state index in [2.05, 4.69) is 20.2 Å². The number of hydrogen-bond acceptors (Lipinski definition) is 4. The molecule has 1 amide bonds. The molecule has 88 valence electrons. The highest BCUT2D eigenvalue weighted by Crippen LogP contribution is 2.17. The summed E-state index contributed by atoms with van der Waals surface area (Å²) in [6.07, 6.45) is 2.74. The molecule has 0 bridgehead atoms. The molecule has 2 heterocycles. The molecule has 1 saturated heterocycles. The Bertz CT molecular complexity index is 399. The highest BCUT2D eigenvalue weighted by Gasteiger charge is 2.23. The summed E-state index contributed by atoms with van der Waals surface area (Å²) < 4.78 is 0.